The standard InChI is InChI=1S/C17H17N3O2/c21-9-3-8-18-17(22)7-6-12-10-14-13-4-1-2-5-15(13)20-16(14)11-19-12/h1-2,4-7,10-11,20-21H,3,8-9H2,(H,18,22)/b7-6+. The lowest BCUT2D eigenvalue weighted by Gasteiger charge is -1.99. The summed E-state index contributed by atoms with van der Waals surface area (Å²) in [5, 5.41) is 13.6. The molecule has 3 aromatic rings. The Balaban J connectivity index is 1.82. The quantitative estimate of drug-likeness (QED) is 0.499. The number of aromatic nitrogens is 2. The van der Waals surface area contributed by atoms with Gasteiger partial charge in [-0.1, -0.05) is 18.2 Å². The monoisotopic (exact) mass is 295 g/mol. The number of benzene rings is 1. The van der Waals surface area contributed by atoms with Gasteiger partial charge < -0.3 is 15.4 Å². The summed E-state index contributed by atoms with van der Waals surface area (Å²) in [5.41, 5.74) is 2.78. The SMILES string of the molecule is O=C(/C=C/c1cc2c(cn1)[nH]c1ccccc12)NCCCO. The van der Waals surface area contributed by atoms with E-state index in [0.717, 1.165) is 27.5 Å². The van der Waals surface area contributed by atoms with Crippen molar-refractivity contribution in [3.63, 3.8) is 0 Å². The Labute approximate surface area is 127 Å². The number of aromatic amines is 1. The maximum absolute atomic E-state index is 11.6. The molecule has 5 nitrogen and oxygen atoms in total. The normalized spacial score (nSPS) is 11.5. The van der Waals surface area contributed by atoms with E-state index in [1.54, 1.807) is 12.3 Å². The number of amides is 1. The lowest BCUT2D eigenvalue weighted by atomic mass is 10.1. The fourth-order valence-corrected chi connectivity index (χ4v) is 2.37. The summed E-state index contributed by atoms with van der Waals surface area (Å²) in [4.78, 5) is 19.3. The Morgan fingerprint density at radius 2 is 2.14 bits per heavy atom. The second kappa shape index (κ2) is 6.41. The molecule has 0 radical (unpaired) electrons. The van der Waals surface area contributed by atoms with E-state index in [-0.39, 0.29) is 12.5 Å². The smallest absolute Gasteiger partial charge is 0.244 e. The van der Waals surface area contributed by atoms with Crippen molar-refractivity contribution in [3.05, 3.63) is 48.3 Å². The summed E-state index contributed by atoms with van der Waals surface area (Å²) in [7, 11) is 0. The van der Waals surface area contributed by atoms with Crippen LogP contribution in [0.1, 0.15) is 12.1 Å². The minimum absolute atomic E-state index is 0.0722. The van der Waals surface area contributed by atoms with Crippen LogP contribution in [-0.4, -0.2) is 34.1 Å². The molecule has 3 N–H and O–H groups in total. The van der Waals surface area contributed by atoms with Crippen molar-refractivity contribution in [1.82, 2.24) is 15.3 Å². The number of carbonyl (C=O) groups excluding carboxylic acids is 1. The van der Waals surface area contributed by atoms with Crippen molar-refractivity contribution in [1.29, 1.82) is 0 Å². The summed E-state index contributed by atoms with van der Waals surface area (Å²) in [6, 6.07) is 10.0. The van der Waals surface area contributed by atoms with E-state index >= 15 is 0 Å². The summed E-state index contributed by atoms with van der Waals surface area (Å²) in [6.07, 6.45) is 5.48. The van der Waals surface area contributed by atoms with Gasteiger partial charge in [-0.15, -0.1) is 0 Å². The molecule has 0 spiro atoms. The lowest BCUT2D eigenvalue weighted by Crippen LogP contribution is -2.22. The summed E-state index contributed by atoms with van der Waals surface area (Å²) in [5.74, 6) is -0.186. The van der Waals surface area contributed by atoms with Crippen molar-refractivity contribution in [2.24, 2.45) is 0 Å². The Bertz CT molecular complexity index is 836. The van der Waals surface area contributed by atoms with Crippen LogP contribution < -0.4 is 5.32 Å². The van der Waals surface area contributed by atoms with E-state index in [9.17, 15) is 4.79 Å². The molecule has 0 aliphatic carbocycles. The number of rotatable bonds is 5. The van der Waals surface area contributed by atoms with Crippen LogP contribution in [0, 0.1) is 0 Å². The molecule has 0 aliphatic heterocycles. The molecule has 3 rings (SSSR count). The van der Waals surface area contributed by atoms with Crippen LogP contribution in [0.4, 0.5) is 0 Å². The highest BCUT2D eigenvalue weighted by Crippen LogP contribution is 2.25. The second-order valence-corrected chi connectivity index (χ2v) is 5.03. The van der Waals surface area contributed by atoms with Crippen molar-refractivity contribution in [2.45, 2.75) is 6.42 Å². The van der Waals surface area contributed by atoms with E-state index in [1.807, 2.05) is 24.3 Å². The molecule has 0 aliphatic rings. The fraction of sp³-hybridized carbons (Fsp3) is 0.176. The van der Waals surface area contributed by atoms with Crippen LogP contribution in [0.3, 0.4) is 0 Å². The molecule has 0 atom stereocenters. The molecule has 1 amide bonds. The zero-order valence-electron chi connectivity index (χ0n) is 12.0. The molecule has 0 bridgehead atoms. The topological polar surface area (TPSA) is 78.0 Å². The molecule has 5 heteroatoms. The van der Waals surface area contributed by atoms with Gasteiger partial charge in [0.15, 0.2) is 0 Å². The zero-order valence-corrected chi connectivity index (χ0v) is 12.0. The number of pyridine rings is 1. The average Bonchev–Trinajstić information content (AvgIpc) is 2.91. The molecular formula is C17H17N3O2. The van der Waals surface area contributed by atoms with E-state index in [1.165, 1.54) is 6.08 Å². The predicted molar refractivity (Wildman–Crippen MR) is 87.3 cm³/mol. The lowest BCUT2D eigenvalue weighted by molar-refractivity contribution is -0.116. The minimum Gasteiger partial charge on any atom is -0.396 e. The first-order chi connectivity index (χ1) is 10.8. The van der Waals surface area contributed by atoms with Gasteiger partial charge in [-0.25, -0.2) is 0 Å². The van der Waals surface area contributed by atoms with Crippen LogP contribution in [0.15, 0.2) is 42.6 Å². The van der Waals surface area contributed by atoms with Gasteiger partial charge in [0, 0.05) is 35.5 Å². The average molecular weight is 295 g/mol. The predicted octanol–water partition coefficient (Wildman–Crippen LogP) is 2.23. The van der Waals surface area contributed by atoms with Gasteiger partial charge in [-0.2, -0.15) is 0 Å². The molecule has 0 fully saturated rings. The number of nitrogens with one attached hydrogen (secondary N) is 2. The Morgan fingerprint density at radius 3 is 3.00 bits per heavy atom. The van der Waals surface area contributed by atoms with Gasteiger partial charge in [0.2, 0.25) is 5.91 Å². The highest BCUT2D eigenvalue weighted by molar-refractivity contribution is 6.07. The second-order valence-electron chi connectivity index (χ2n) is 5.03. The number of hydrogen-bond acceptors (Lipinski definition) is 3. The van der Waals surface area contributed by atoms with Crippen LogP contribution >= 0.6 is 0 Å². The molecule has 112 valence electrons. The molecule has 0 saturated carbocycles. The van der Waals surface area contributed by atoms with Crippen LogP contribution in [0.25, 0.3) is 27.9 Å². The van der Waals surface area contributed by atoms with Crippen molar-refractivity contribution < 1.29 is 9.90 Å². The Hall–Kier alpha value is -2.66. The van der Waals surface area contributed by atoms with Crippen molar-refractivity contribution in [2.75, 3.05) is 13.2 Å². The third-order valence-electron chi connectivity index (χ3n) is 3.45. The molecule has 2 heterocycles. The van der Waals surface area contributed by atoms with Gasteiger partial charge in [0.05, 0.1) is 17.4 Å². The molecule has 0 saturated heterocycles. The Kier molecular flexibility index (Phi) is 4.16. The van der Waals surface area contributed by atoms with Gasteiger partial charge in [-0.3, -0.25) is 9.78 Å². The molecule has 2 aromatic heterocycles. The first-order valence-corrected chi connectivity index (χ1v) is 7.21. The maximum Gasteiger partial charge on any atom is 0.244 e. The highest BCUT2D eigenvalue weighted by Gasteiger charge is 2.04. The number of carbonyl (C=O) groups is 1. The van der Waals surface area contributed by atoms with Gasteiger partial charge in [0.25, 0.3) is 0 Å². The Morgan fingerprint density at radius 1 is 1.27 bits per heavy atom. The maximum atomic E-state index is 11.6. The largest absolute Gasteiger partial charge is 0.396 e. The number of fused-ring (bicyclic) bond motifs is 3. The van der Waals surface area contributed by atoms with Gasteiger partial charge >= 0.3 is 0 Å². The molecule has 22 heavy (non-hydrogen) atoms. The summed E-state index contributed by atoms with van der Waals surface area (Å²) < 4.78 is 0. The fourth-order valence-electron chi connectivity index (χ4n) is 2.37. The third kappa shape index (κ3) is 2.99. The minimum atomic E-state index is -0.186. The highest BCUT2D eigenvalue weighted by atomic mass is 16.3. The number of aliphatic hydroxyl groups is 1. The molecule has 1 aromatic carbocycles. The number of nitrogens with zero attached hydrogens (tertiary/aromatic N) is 1. The van der Waals surface area contributed by atoms with Crippen molar-refractivity contribution >= 4 is 33.8 Å². The number of H-pyrrole nitrogens is 1. The van der Waals surface area contributed by atoms with Crippen LogP contribution in [0.5, 0.6) is 0 Å². The molecule has 0 unspecified atom stereocenters. The van der Waals surface area contributed by atoms with Crippen LogP contribution in [0.2, 0.25) is 0 Å². The van der Waals surface area contributed by atoms with E-state index in [2.05, 4.69) is 21.4 Å². The number of hydrogen-bond donors (Lipinski definition) is 3. The van der Waals surface area contributed by atoms with Crippen molar-refractivity contribution in [3.8, 4) is 0 Å². The zero-order chi connectivity index (χ0) is 15.4. The third-order valence-corrected chi connectivity index (χ3v) is 3.45. The first kappa shape index (κ1) is 14.3. The number of aliphatic hydroxyl groups excluding tert-OH is 1. The van der Waals surface area contributed by atoms with Crippen LogP contribution in [-0.2, 0) is 4.79 Å². The first-order valence-electron chi connectivity index (χ1n) is 7.21. The van der Waals surface area contributed by atoms with Gasteiger partial charge in [-0.05, 0) is 24.6 Å². The van der Waals surface area contributed by atoms with E-state index in [4.69, 9.17) is 5.11 Å². The molecular weight excluding hydrogens is 278 g/mol. The van der Waals surface area contributed by atoms with Gasteiger partial charge in [0.1, 0.15) is 0 Å². The van der Waals surface area contributed by atoms with E-state index < -0.39 is 0 Å². The summed E-state index contributed by atoms with van der Waals surface area (Å²) >= 11 is 0. The summed E-state index contributed by atoms with van der Waals surface area (Å²) in [6.45, 7) is 0.539. The number of para-hydroxylation sites is 1. The van der Waals surface area contributed by atoms with E-state index in [0.29, 0.717) is 13.0 Å².